The lowest BCUT2D eigenvalue weighted by molar-refractivity contribution is 0.163. The van der Waals surface area contributed by atoms with Gasteiger partial charge in [0.1, 0.15) is 0 Å². The molecule has 0 saturated carbocycles. The molecular formula is C12H20N4O. The molecular weight excluding hydrogens is 216 g/mol. The second kappa shape index (κ2) is 5.84. The van der Waals surface area contributed by atoms with Crippen molar-refractivity contribution in [2.24, 2.45) is 0 Å². The molecule has 0 unspecified atom stereocenters. The average molecular weight is 236 g/mol. The molecule has 0 amide bonds. The van der Waals surface area contributed by atoms with E-state index in [0.717, 1.165) is 31.9 Å². The third kappa shape index (κ3) is 2.87. The highest BCUT2D eigenvalue weighted by Crippen LogP contribution is 2.24. The van der Waals surface area contributed by atoms with Crippen LogP contribution in [-0.2, 0) is 4.74 Å². The Bertz CT molecular complexity index is 356. The summed E-state index contributed by atoms with van der Waals surface area (Å²) < 4.78 is 5.20. The van der Waals surface area contributed by atoms with E-state index in [0.29, 0.717) is 6.04 Å². The third-order valence-corrected chi connectivity index (χ3v) is 3.03. The van der Waals surface area contributed by atoms with E-state index in [2.05, 4.69) is 26.6 Å². The molecule has 1 aromatic heterocycles. The first-order valence-corrected chi connectivity index (χ1v) is 5.94. The second-order valence-corrected chi connectivity index (χ2v) is 4.20. The van der Waals surface area contributed by atoms with E-state index in [1.54, 1.807) is 7.11 Å². The molecule has 2 N–H and O–H groups in total. The van der Waals surface area contributed by atoms with Gasteiger partial charge in [-0.1, -0.05) is 0 Å². The summed E-state index contributed by atoms with van der Waals surface area (Å²) in [7, 11) is 3.67. The molecule has 1 aliphatic heterocycles. The van der Waals surface area contributed by atoms with E-state index in [1.165, 1.54) is 5.69 Å². The lowest BCUT2D eigenvalue weighted by atomic mass is 10.2. The van der Waals surface area contributed by atoms with Gasteiger partial charge in [-0.25, -0.2) is 0 Å². The van der Waals surface area contributed by atoms with Crippen LogP contribution < -0.4 is 15.5 Å². The summed E-state index contributed by atoms with van der Waals surface area (Å²) in [6.07, 6.45) is 3.70. The van der Waals surface area contributed by atoms with E-state index >= 15 is 0 Å². The van der Waals surface area contributed by atoms with E-state index in [4.69, 9.17) is 4.74 Å². The van der Waals surface area contributed by atoms with Crippen LogP contribution in [0, 0.1) is 0 Å². The minimum absolute atomic E-state index is 0.395. The summed E-state index contributed by atoms with van der Waals surface area (Å²) in [5, 5.41) is 6.64. The van der Waals surface area contributed by atoms with Crippen molar-refractivity contribution < 1.29 is 4.74 Å². The van der Waals surface area contributed by atoms with Crippen molar-refractivity contribution in [2.45, 2.75) is 6.04 Å². The van der Waals surface area contributed by atoms with Crippen LogP contribution in [-0.4, -0.2) is 51.4 Å². The summed E-state index contributed by atoms with van der Waals surface area (Å²) in [6, 6.07) is 2.45. The molecule has 1 aromatic rings. The minimum atomic E-state index is 0.395. The molecule has 5 nitrogen and oxygen atoms in total. The minimum Gasteiger partial charge on any atom is -0.385 e. The summed E-state index contributed by atoms with van der Waals surface area (Å²) >= 11 is 0. The van der Waals surface area contributed by atoms with Gasteiger partial charge in [0, 0.05) is 46.0 Å². The van der Waals surface area contributed by atoms with Gasteiger partial charge in [0.15, 0.2) is 0 Å². The third-order valence-electron chi connectivity index (χ3n) is 3.03. The van der Waals surface area contributed by atoms with Gasteiger partial charge in [0.2, 0.25) is 0 Å². The fourth-order valence-corrected chi connectivity index (χ4v) is 2.21. The first-order chi connectivity index (χ1) is 8.35. The van der Waals surface area contributed by atoms with Crippen molar-refractivity contribution in [3.8, 4) is 0 Å². The van der Waals surface area contributed by atoms with Gasteiger partial charge in [0.25, 0.3) is 0 Å². The number of ether oxygens (including phenoxy) is 1. The zero-order chi connectivity index (χ0) is 12.1. The van der Waals surface area contributed by atoms with Crippen LogP contribution in [0.1, 0.15) is 0 Å². The van der Waals surface area contributed by atoms with Gasteiger partial charge in [-0.05, 0) is 6.07 Å². The quantitative estimate of drug-likeness (QED) is 0.799. The Morgan fingerprint density at radius 2 is 2.53 bits per heavy atom. The zero-order valence-corrected chi connectivity index (χ0v) is 10.4. The van der Waals surface area contributed by atoms with Crippen LogP contribution in [0.4, 0.5) is 11.4 Å². The molecule has 2 rings (SSSR count). The first kappa shape index (κ1) is 12.1. The smallest absolute Gasteiger partial charge is 0.0761 e. The van der Waals surface area contributed by atoms with Crippen molar-refractivity contribution >= 4 is 11.4 Å². The van der Waals surface area contributed by atoms with Gasteiger partial charge in [-0.2, -0.15) is 0 Å². The van der Waals surface area contributed by atoms with Crippen LogP contribution >= 0.6 is 0 Å². The van der Waals surface area contributed by atoms with E-state index in [1.807, 2.05) is 19.4 Å². The molecule has 1 fully saturated rings. The maximum absolute atomic E-state index is 5.20. The van der Waals surface area contributed by atoms with Gasteiger partial charge in [-0.15, -0.1) is 0 Å². The molecule has 2 heterocycles. The number of rotatable bonds is 4. The summed E-state index contributed by atoms with van der Waals surface area (Å²) in [5.74, 6) is 0. The molecule has 5 heteroatoms. The van der Waals surface area contributed by atoms with Crippen molar-refractivity contribution in [2.75, 3.05) is 50.6 Å². The predicted molar refractivity (Wildman–Crippen MR) is 69.7 cm³/mol. The van der Waals surface area contributed by atoms with Crippen LogP contribution in [0.5, 0.6) is 0 Å². The Morgan fingerprint density at radius 3 is 3.29 bits per heavy atom. The number of aromatic nitrogens is 1. The van der Waals surface area contributed by atoms with Crippen LogP contribution in [0.15, 0.2) is 18.5 Å². The molecule has 0 radical (unpaired) electrons. The Kier molecular flexibility index (Phi) is 4.17. The van der Waals surface area contributed by atoms with Gasteiger partial charge in [0.05, 0.1) is 24.2 Å². The number of hydrogen-bond donors (Lipinski definition) is 2. The number of pyridine rings is 1. The molecule has 1 saturated heterocycles. The zero-order valence-electron chi connectivity index (χ0n) is 10.4. The van der Waals surface area contributed by atoms with Gasteiger partial charge in [-0.3, -0.25) is 4.98 Å². The molecule has 1 atom stereocenters. The lowest BCUT2D eigenvalue weighted by Gasteiger charge is -2.35. The molecule has 0 aromatic carbocycles. The van der Waals surface area contributed by atoms with E-state index < -0.39 is 0 Å². The van der Waals surface area contributed by atoms with Gasteiger partial charge < -0.3 is 20.3 Å². The SMILES string of the molecule is CNc1cnccc1N1CCN[C@@H](COC)C1. The number of piperazine rings is 1. The average Bonchev–Trinajstić information content (AvgIpc) is 2.39. The fraction of sp³-hybridized carbons (Fsp3) is 0.583. The standard InChI is InChI=1S/C12H20N4O/c1-13-11-7-14-4-3-12(11)16-6-5-15-10(8-16)9-17-2/h3-4,7,10,13,15H,5-6,8-9H2,1-2H3/t10-/m1/s1. The van der Waals surface area contributed by atoms with E-state index in [9.17, 15) is 0 Å². The largest absolute Gasteiger partial charge is 0.385 e. The second-order valence-electron chi connectivity index (χ2n) is 4.20. The molecule has 17 heavy (non-hydrogen) atoms. The van der Waals surface area contributed by atoms with Crippen LogP contribution in [0.2, 0.25) is 0 Å². The lowest BCUT2D eigenvalue weighted by Crippen LogP contribution is -2.52. The maximum Gasteiger partial charge on any atom is 0.0761 e. The van der Waals surface area contributed by atoms with Crippen molar-refractivity contribution in [1.29, 1.82) is 0 Å². The molecule has 0 aliphatic carbocycles. The monoisotopic (exact) mass is 236 g/mol. The number of methoxy groups -OCH3 is 1. The Hall–Kier alpha value is -1.33. The van der Waals surface area contributed by atoms with Crippen molar-refractivity contribution in [3.63, 3.8) is 0 Å². The Balaban J connectivity index is 2.10. The Morgan fingerprint density at radius 1 is 1.65 bits per heavy atom. The highest BCUT2D eigenvalue weighted by molar-refractivity contribution is 5.68. The molecule has 1 aliphatic rings. The van der Waals surface area contributed by atoms with E-state index in [-0.39, 0.29) is 0 Å². The molecule has 94 valence electrons. The predicted octanol–water partition coefficient (Wildman–Crippen LogP) is 0.548. The van der Waals surface area contributed by atoms with Gasteiger partial charge >= 0.3 is 0 Å². The summed E-state index contributed by atoms with van der Waals surface area (Å²) in [4.78, 5) is 6.51. The summed E-state index contributed by atoms with van der Waals surface area (Å²) in [6.45, 7) is 3.71. The van der Waals surface area contributed by atoms with Crippen molar-refractivity contribution in [1.82, 2.24) is 10.3 Å². The van der Waals surface area contributed by atoms with Crippen LogP contribution in [0.3, 0.4) is 0 Å². The highest BCUT2D eigenvalue weighted by Gasteiger charge is 2.20. The van der Waals surface area contributed by atoms with Crippen molar-refractivity contribution in [3.05, 3.63) is 18.5 Å². The normalized spacial score (nSPS) is 20.4. The topological polar surface area (TPSA) is 49.4 Å². The Labute approximate surface area is 102 Å². The highest BCUT2D eigenvalue weighted by atomic mass is 16.5. The van der Waals surface area contributed by atoms with Crippen LogP contribution in [0.25, 0.3) is 0 Å². The summed E-state index contributed by atoms with van der Waals surface area (Å²) in [5.41, 5.74) is 2.29. The number of anilines is 2. The number of nitrogens with one attached hydrogen (secondary N) is 2. The first-order valence-electron chi connectivity index (χ1n) is 5.94. The number of nitrogens with zero attached hydrogens (tertiary/aromatic N) is 2. The maximum atomic E-state index is 5.20. The fourth-order valence-electron chi connectivity index (χ4n) is 2.21. The molecule has 0 bridgehead atoms. The molecule has 0 spiro atoms. The number of hydrogen-bond acceptors (Lipinski definition) is 5.